The van der Waals surface area contributed by atoms with Crippen molar-refractivity contribution in [3.63, 3.8) is 0 Å². The van der Waals surface area contributed by atoms with Crippen molar-refractivity contribution in [1.29, 1.82) is 0 Å². The first kappa shape index (κ1) is 18.6. The molecule has 1 aliphatic heterocycles. The van der Waals surface area contributed by atoms with Crippen LogP contribution in [0, 0.1) is 6.92 Å². The molecule has 0 saturated carbocycles. The van der Waals surface area contributed by atoms with E-state index >= 15 is 0 Å². The lowest BCUT2D eigenvalue weighted by molar-refractivity contribution is -0.0933. The van der Waals surface area contributed by atoms with Crippen molar-refractivity contribution < 1.29 is 14.3 Å². The number of nitrogens with zero attached hydrogens (tertiary/aromatic N) is 2. The second-order valence-electron chi connectivity index (χ2n) is 7.16. The maximum Gasteiger partial charge on any atom is 0.253 e. The molecule has 0 radical (unpaired) electrons. The summed E-state index contributed by atoms with van der Waals surface area (Å²) in [6.45, 7) is 4.26. The number of hydrogen-bond donors (Lipinski definition) is 0. The average molecular weight is 376 g/mol. The van der Waals surface area contributed by atoms with Crippen LogP contribution in [0.2, 0.25) is 0 Å². The minimum absolute atomic E-state index is 0.0171. The zero-order chi connectivity index (χ0) is 19.5. The third-order valence-electron chi connectivity index (χ3n) is 5.00. The van der Waals surface area contributed by atoms with Gasteiger partial charge in [0, 0.05) is 30.2 Å². The summed E-state index contributed by atoms with van der Waals surface area (Å²) in [5.41, 5.74) is 4.82. The lowest BCUT2D eigenvalue weighted by atomic mass is 9.99. The van der Waals surface area contributed by atoms with Crippen molar-refractivity contribution in [2.75, 3.05) is 33.4 Å². The second-order valence-corrected chi connectivity index (χ2v) is 7.16. The second kappa shape index (κ2) is 8.09. The summed E-state index contributed by atoms with van der Waals surface area (Å²) in [5.74, 6) is -0.0171. The van der Waals surface area contributed by atoms with E-state index in [9.17, 15) is 4.79 Å². The zero-order valence-electron chi connectivity index (χ0n) is 16.2. The van der Waals surface area contributed by atoms with Crippen LogP contribution in [0.3, 0.4) is 0 Å². The summed E-state index contributed by atoms with van der Waals surface area (Å²) in [4.78, 5) is 19.1. The summed E-state index contributed by atoms with van der Waals surface area (Å²) in [5, 5.41) is 1.11. The van der Waals surface area contributed by atoms with Crippen LogP contribution in [0.4, 0.5) is 0 Å². The van der Waals surface area contributed by atoms with Gasteiger partial charge >= 0.3 is 0 Å². The van der Waals surface area contributed by atoms with E-state index in [0.29, 0.717) is 31.9 Å². The lowest BCUT2D eigenvalue weighted by Crippen LogP contribution is -2.40. The standard InChI is InChI=1S/C23H24N2O3/c1-16-13-21(20-5-3-4-6-22(20)24-16)17-7-9-18(10-8-17)23(26)25(2)14-19-15-27-11-12-28-19/h3-10,13,19H,11-12,14-15H2,1-2H3/t19-/m1/s1. The highest BCUT2D eigenvalue weighted by Crippen LogP contribution is 2.28. The highest BCUT2D eigenvalue weighted by molar-refractivity contribution is 5.97. The summed E-state index contributed by atoms with van der Waals surface area (Å²) in [6.07, 6.45) is -0.0619. The molecular formula is C23H24N2O3. The van der Waals surface area contributed by atoms with Crippen molar-refractivity contribution in [3.8, 4) is 11.1 Å². The maximum absolute atomic E-state index is 12.8. The zero-order valence-corrected chi connectivity index (χ0v) is 16.2. The number of para-hydroxylation sites is 1. The molecule has 1 aliphatic rings. The number of fused-ring (bicyclic) bond motifs is 1. The van der Waals surface area contributed by atoms with E-state index in [-0.39, 0.29) is 12.0 Å². The van der Waals surface area contributed by atoms with Crippen molar-refractivity contribution in [3.05, 3.63) is 65.9 Å². The fourth-order valence-corrected chi connectivity index (χ4v) is 3.59. The Morgan fingerprint density at radius 3 is 2.68 bits per heavy atom. The van der Waals surface area contributed by atoms with Crippen LogP contribution in [0.5, 0.6) is 0 Å². The largest absolute Gasteiger partial charge is 0.376 e. The number of ether oxygens (including phenoxy) is 2. The van der Waals surface area contributed by atoms with Gasteiger partial charge < -0.3 is 14.4 Å². The number of carbonyl (C=O) groups is 1. The van der Waals surface area contributed by atoms with E-state index in [1.54, 1.807) is 11.9 Å². The van der Waals surface area contributed by atoms with Crippen LogP contribution < -0.4 is 0 Å². The lowest BCUT2D eigenvalue weighted by Gasteiger charge is -2.27. The van der Waals surface area contributed by atoms with Gasteiger partial charge in [-0.3, -0.25) is 9.78 Å². The van der Waals surface area contributed by atoms with Crippen molar-refractivity contribution in [2.45, 2.75) is 13.0 Å². The predicted octanol–water partition coefficient (Wildman–Crippen LogP) is 3.70. The highest BCUT2D eigenvalue weighted by atomic mass is 16.6. The predicted molar refractivity (Wildman–Crippen MR) is 109 cm³/mol. The molecule has 2 heterocycles. The molecule has 0 spiro atoms. The Kier molecular flexibility index (Phi) is 5.37. The van der Waals surface area contributed by atoms with E-state index < -0.39 is 0 Å². The van der Waals surface area contributed by atoms with E-state index in [1.165, 1.54) is 0 Å². The molecule has 3 aromatic rings. The molecule has 28 heavy (non-hydrogen) atoms. The molecule has 1 amide bonds. The number of aryl methyl sites for hydroxylation is 1. The van der Waals surface area contributed by atoms with Crippen LogP contribution in [-0.4, -0.2) is 55.3 Å². The fraction of sp³-hybridized carbons (Fsp3) is 0.304. The number of aromatic nitrogens is 1. The molecule has 2 aromatic carbocycles. The normalized spacial score (nSPS) is 16.9. The van der Waals surface area contributed by atoms with Crippen molar-refractivity contribution >= 4 is 16.8 Å². The maximum atomic E-state index is 12.8. The summed E-state index contributed by atoms with van der Waals surface area (Å²) < 4.78 is 11.0. The Morgan fingerprint density at radius 1 is 1.14 bits per heavy atom. The Bertz CT molecular complexity index is 979. The Balaban J connectivity index is 1.55. The molecule has 1 aromatic heterocycles. The van der Waals surface area contributed by atoms with E-state index in [1.807, 2.05) is 49.4 Å². The molecule has 5 nitrogen and oxygen atoms in total. The van der Waals surface area contributed by atoms with Crippen molar-refractivity contribution in [1.82, 2.24) is 9.88 Å². The molecule has 0 unspecified atom stereocenters. The van der Waals surface area contributed by atoms with Gasteiger partial charge in [0.1, 0.15) is 0 Å². The quantitative estimate of drug-likeness (QED) is 0.697. The van der Waals surface area contributed by atoms with E-state index in [2.05, 4.69) is 17.1 Å². The Labute approximate surface area is 164 Å². The first-order chi connectivity index (χ1) is 13.6. The third-order valence-corrected chi connectivity index (χ3v) is 5.00. The average Bonchev–Trinajstić information content (AvgIpc) is 2.73. The summed E-state index contributed by atoms with van der Waals surface area (Å²) >= 11 is 0. The van der Waals surface area contributed by atoms with E-state index in [0.717, 1.165) is 27.7 Å². The monoisotopic (exact) mass is 376 g/mol. The molecule has 0 aliphatic carbocycles. The van der Waals surface area contributed by atoms with Crippen LogP contribution in [0.15, 0.2) is 54.6 Å². The van der Waals surface area contributed by atoms with Gasteiger partial charge in [0.25, 0.3) is 5.91 Å². The molecule has 1 atom stereocenters. The van der Waals surface area contributed by atoms with Gasteiger partial charge in [-0.1, -0.05) is 30.3 Å². The van der Waals surface area contributed by atoms with Crippen LogP contribution in [-0.2, 0) is 9.47 Å². The first-order valence-corrected chi connectivity index (χ1v) is 9.53. The number of hydrogen-bond acceptors (Lipinski definition) is 4. The molecule has 4 rings (SSSR count). The van der Waals surface area contributed by atoms with Gasteiger partial charge in [-0.05, 0) is 42.3 Å². The number of benzene rings is 2. The third kappa shape index (κ3) is 3.91. The Hall–Kier alpha value is -2.76. The first-order valence-electron chi connectivity index (χ1n) is 9.53. The molecule has 5 heteroatoms. The SMILES string of the molecule is Cc1cc(-c2ccc(C(=O)N(C)C[C@@H]3COCCO3)cc2)c2ccccc2n1. The van der Waals surface area contributed by atoms with Gasteiger partial charge in [0.05, 0.1) is 31.4 Å². The topological polar surface area (TPSA) is 51.7 Å². The van der Waals surface area contributed by atoms with Gasteiger partial charge in [0.2, 0.25) is 0 Å². The smallest absolute Gasteiger partial charge is 0.253 e. The fourth-order valence-electron chi connectivity index (χ4n) is 3.59. The molecule has 144 valence electrons. The van der Waals surface area contributed by atoms with Crippen LogP contribution >= 0.6 is 0 Å². The molecular weight excluding hydrogens is 352 g/mol. The molecule has 1 saturated heterocycles. The minimum Gasteiger partial charge on any atom is -0.376 e. The van der Waals surface area contributed by atoms with Crippen LogP contribution in [0.25, 0.3) is 22.0 Å². The van der Waals surface area contributed by atoms with Crippen LogP contribution in [0.1, 0.15) is 16.1 Å². The van der Waals surface area contributed by atoms with E-state index in [4.69, 9.17) is 9.47 Å². The number of likely N-dealkylation sites (N-methyl/N-ethyl adjacent to an activating group) is 1. The van der Waals surface area contributed by atoms with Gasteiger partial charge in [-0.25, -0.2) is 0 Å². The van der Waals surface area contributed by atoms with Crippen molar-refractivity contribution in [2.24, 2.45) is 0 Å². The summed E-state index contributed by atoms with van der Waals surface area (Å²) in [6, 6.07) is 18.0. The molecule has 0 N–H and O–H groups in total. The number of pyridine rings is 1. The van der Waals surface area contributed by atoms with Gasteiger partial charge in [-0.2, -0.15) is 0 Å². The van der Waals surface area contributed by atoms with Gasteiger partial charge in [0.15, 0.2) is 0 Å². The molecule has 0 bridgehead atoms. The number of amides is 1. The number of rotatable bonds is 4. The highest BCUT2D eigenvalue weighted by Gasteiger charge is 2.20. The Morgan fingerprint density at radius 2 is 1.93 bits per heavy atom. The minimum atomic E-state index is -0.0619. The number of carbonyl (C=O) groups excluding carboxylic acids is 1. The van der Waals surface area contributed by atoms with Gasteiger partial charge in [-0.15, -0.1) is 0 Å². The molecule has 1 fully saturated rings. The summed E-state index contributed by atoms with van der Waals surface area (Å²) in [7, 11) is 1.80.